The first-order valence-electron chi connectivity index (χ1n) is 11.3. The van der Waals surface area contributed by atoms with Crippen LogP contribution in [0.4, 0.5) is 4.39 Å². The van der Waals surface area contributed by atoms with E-state index in [-0.39, 0.29) is 11.4 Å². The molecule has 8 heteroatoms. The fraction of sp³-hybridized carbons (Fsp3) is 0.269. The van der Waals surface area contributed by atoms with Crippen molar-refractivity contribution in [3.63, 3.8) is 0 Å². The zero-order valence-electron chi connectivity index (χ0n) is 18.6. The third kappa shape index (κ3) is 5.07. The molecule has 3 heterocycles. The van der Waals surface area contributed by atoms with Crippen LogP contribution in [-0.4, -0.2) is 45.9 Å². The number of hydrogen-bond donors (Lipinski definition) is 1. The third-order valence-electron chi connectivity index (χ3n) is 6.10. The lowest BCUT2D eigenvalue weighted by Crippen LogP contribution is -2.31. The molecule has 1 aliphatic rings. The lowest BCUT2D eigenvalue weighted by molar-refractivity contribution is 0.244. The molecular weight excluding hydrogens is 449 g/mol. The van der Waals surface area contributed by atoms with Crippen LogP contribution in [0.2, 0.25) is 0 Å². The minimum absolute atomic E-state index is 0.129. The highest BCUT2D eigenvalue weighted by Crippen LogP contribution is 2.31. The predicted molar refractivity (Wildman–Crippen MR) is 132 cm³/mol. The molecule has 0 bridgehead atoms. The van der Waals surface area contributed by atoms with Crippen molar-refractivity contribution in [2.24, 2.45) is 0 Å². The molecule has 1 saturated heterocycles. The van der Waals surface area contributed by atoms with Crippen molar-refractivity contribution in [2.45, 2.75) is 19.5 Å². The maximum Gasteiger partial charge on any atom is 0.268 e. The fourth-order valence-electron chi connectivity index (χ4n) is 4.31. The summed E-state index contributed by atoms with van der Waals surface area (Å²) in [6, 6.07) is 18.1. The van der Waals surface area contributed by atoms with Crippen molar-refractivity contribution in [1.29, 1.82) is 5.26 Å². The highest BCUT2D eigenvalue weighted by molar-refractivity contribution is 7.22. The molecule has 6 nitrogen and oxygen atoms in total. The molecule has 5 rings (SSSR count). The molecule has 1 aliphatic heterocycles. The molecule has 0 atom stereocenters. The summed E-state index contributed by atoms with van der Waals surface area (Å²) in [5.41, 5.74) is 3.31. The molecule has 2 aromatic carbocycles. The maximum atomic E-state index is 13.3. The number of aromatic nitrogens is 2. The van der Waals surface area contributed by atoms with Gasteiger partial charge in [-0.15, -0.1) is 11.3 Å². The molecule has 1 fully saturated rings. The third-order valence-corrected chi connectivity index (χ3v) is 7.28. The number of aromatic amines is 1. The second-order valence-electron chi connectivity index (χ2n) is 8.56. The normalized spacial score (nSPS) is 15.3. The van der Waals surface area contributed by atoms with Crippen LogP contribution in [0, 0.1) is 17.1 Å². The molecule has 34 heavy (non-hydrogen) atoms. The largest absolute Gasteiger partial charge is 0.308 e. The van der Waals surface area contributed by atoms with Gasteiger partial charge in [-0.2, -0.15) is 5.26 Å². The van der Waals surface area contributed by atoms with E-state index in [2.05, 4.69) is 20.9 Å². The Morgan fingerprint density at radius 1 is 1.00 bits per heavy atom. The Labute approximate surface area is 200 Å². The predicted octanol–water partition coefficient (Wildman–Crippen LogP) is 4.37. The Kier molecular flexibility index (Phi) is 6.50. The van der Waals surface area contributed by atoms with Gasteiger partial charge in [0.25, 0.3) is 5.56 Å². The molecule has 2 aromatic heterocycles. The van der Waals surface area contributed by atoms with Gasteiger partial charge in [-0.05, 0) is 61.0 Å². The standard InChI is InChI=1S/C26H24FN5OS/c27-21-8-6-20(7-9-21)23-14-22-25(34-23)26(33)30-24(29-22)17-32-11-1-10-31(12-13-32)16-19-4-2-18(15-28)3-5-19/h2-9,14H,1,10-13,16-17H2,(H,29,30,33). The lowest BCUT2D eigenvalue weighted by atomic mass is 10.1. The minimum Gasteiger partial charge on any atom is -0.308 e. The molecule has 0 aliphatic carbocycles. The van der Waals surface area contributed by atoms with E-state index in [1.807, 2.05) is 30.3 Å². The van der Waals surface area contributed by atoms with Gasteiger partial charge < -0.3 is 4.98 Å². The van der Waals surface area contributed by atoms with Crippen molar-refractivity contribution < 1.29 is 4.39 Å². The Morgan fingerprint density at radius 2 is 1.71 bits per heavy atom. The van der Waals surface area contributed by atoms with Crippen LogP contribution in [0.1, 0.15) is 23.4 Å². The quantitative estimate of drug-likeness (QED) is 0.466. The van der Waals surface area contributed by atoms with E-state index >= 15 is 0 Å². The van der Waals surface area contributed by atoms with Gasteiger partial charge in [-0.1, -0.05) is 24.3 Å². The van der Waals surface area contributed by atoms with Crippen molar-refractivity contribution >= 4 is 21.6 Å². The molecule has 4 aromatic rings. The number of halogens is 1. The number of benzene rings is 2. The number of fused-ring (bicyclic) bond motifs is 1. The number of hydrogen-bond acceptors (Lipinski definition) is 6. The smallest absolute Gasteiger partial charge is 0.268 e. The summed E-state index contributed by atoms with van der Waals surface area (Å²) in [6.45, 7) is 5.22. The molecule has 0 spiro atoms. The number of thiophene rings is 1. The van der Waals surface area contributed by atoms with Crippen LogP contribution in [-0.2, 0) is 13.1 Å². The van der Waals surface area contributed by atoms with Crippen LogP contribution in [0.15, 0.2) is 59.4 Å². The van der Waals surface area contributed by atoms with E-state index in [0.717, 1.165) is 49.6 Å². The number of H-pyrrole nitrogens is 1. The zero-order chi connectivity index (χ0) is 23.5. The zero-order valence-corrected chi connectivity index (χ0v) is 19.4. The van der Waals surface area contributed by atoms with Crippen LogP contribution >= 0.6 is 11.3 Å². The Balaban J connectivity index is 1.26. The summed E-state index contributed by atoms with van der Waals surface area (Å²) >= 11 is 1.38. The van der Waals surface area contributed by atoms with Gasteiger partial charge in [0.1, 0.15) is 16.3 Å². The lowest BCUT2D eigenvalue weighted by Gasteiger charge is -2.21. The second kappa shape index (κ2) is 9.85. The summed E-state index contributed by atoms with van der Waals surface area (Å²) in [5.74, 6) is 0.387. The Morgan fingerprint density at radius 3 is 2.41 bits per heavy atom. The van der Waals surface area contributed by atoms with Gasteiger partial charge in [0, 0.05) is 24.5 Å². The minimum atomic E-state index is -0.281. The summed E-state index contributed by atoms with van der Waals surface area (Å²) < 4.78 is 13.8. The van der Waals surface area contributed by atoms with E-state index in [9.17, 15) is 9.18 Å². The van der Waals surface area contributed by atoms with Crippen LogP contribution in [0.25, 0.3) is 20.7 Å². The maximum absolute atomic E-state index is 13.3. The van der Waals surface area contributed by atoms with Crippen LogP contribution in [0.3, 0.4) is 0 Å². The average Bonchev–Trinajstić information content (AvgIpc) is 3.16. The van der Waals surface area contributed by atoms with Gasteiger partial charge in [0.2, 0.25) is 0 Å². The van der Waals surface area contributed by atoms with E-state index < -0.39 is 0 Å². The van der Waals surface area contributed by atoms with E-state index in [1.165, 1.54) is 29.0 Å². The van der Waals surface area contributed by atoms with E-state index in [1.54, 1.807) is 12.1 Å². The first-order chi connectivity index (χ1) is 16.6. The topological polar surface area (TPSA) is 76.0 Å². The van der Waals surface area contributed by atoms with Crippen LogP contribution < -0.4 is 5.56 Å². The Hall–Kier alpha value is -3.38. The van der Waals surface area contributed by atoms with Gasteiger partial charge in [0.15, 0.2) is 0 Å². The van der Waals surface area contributed by atoms with Gasteiger partial charge in [-0.25, -0.2) is 9.37 Å². The highest BCUT2D eigenvalue weighted by Gasteiger charge is 2.17. The van der Waals surface area contributed by atoms with Gasteiger partial charge >= 0.3 is 0 Å². The average molecular weight is 474 g/mol. The molecule has 0 radical (unpaired) electrons. The van der Waals surface area contributed by atoms with Gasteiger partial charge in [-0.3, -0.25) is 14.6 Å². The molecular formula is C26H24FN5OS. The van der Waals surface area contributed by atoms with Crippen LogP contribution in [0.5, 0.6) is 0 Å². The Bertz CT molecular complexity index is 1390. The molecule has 0 amide bonds. The second-order valence-corrected chi connectivity index (χ2v) is 9.61. The van der Waals surface area contributed by atoms with Gasteiger partial charge in [0.05, 0.1) is 23.7 Å². The van der Waals surface area contributed by atoms with E-state index in [0.29, 0.717) is 28.1 Å². The number of nitriles is 1. The SMILES string of the molecule is N#Cc1ccc(CN2CCCN(Cc3nc4cc(-c5ccc(F)cc5)sc4c(=O)[nH]3)CC2)cc1. The molecule has 0 unspecified atom stereocenters. The summed E-state index contributed by atoms with van der Waals surface area (Å²) in [4.78, 5) is 26.1. The van der Waals surface area contributed by atoms with Crippen molar-refractivity contribution in [2.75, 3.05) is 26.2 Å². The molecule has 1 N–H and O–H groups in total. The van der Waals surface area contributed by atoms with E-state index in [4.69, 9.17) is 10.2 Å². The number of nitrogens with one attached hydrogen (secondary N) is 1. The first kappa shape index (κ1) is 22.4. The fourth-order valence-corrected chi connectivity index (χ4v) is 5.31. The van der Waals surface area contributed by atoms with Crippen molar-refractivity contribution in [1.82, 2.24) is 19.8 Å². The number of nitrogens with zero attached hydrogens (tertiary/aromatic N) is 4. The van der Waals surface area contributed by atoms with Crippen molar-refractivity contribution in [3.8, 4) is 16.5 Å². The highest BCUT2D eigenvalue weighted by atomic mass is 32.1. The van der Waals surface area contributed by atoms with Crippen molar-refractivity contribution in [3.05, 3.63) is 87.7 Å². The summed E-state index contributed by atoms with van der Waals surface area (Å²) in [6.07, 6.45) is 1.04. The number of rotatable bonds is 5. The monoisotopic (exact) mass is 473 g/mol. The summed E-state index contributed by atoms with van der Waals surface area (Å²) in [5, 5.41) is 8.97. The molecule has 0 saturated carbocycles. The summed E-state index contributed by atoms with van der Waals surface area (Å²) in [7, 11) is 0. The first-order valence-corrected chi connectivity index (χ1v) is 12.1. The molecule has 172 valence electrons.